The maximum atomic E-state index is 3.76. The number of halogens is 1. The van der Waals surface area contributed by atoms with E-state index in [1.165, 1.54) is 48.1 Å². The molecule has 0 spiro atoms. The summed E-state index contributed by atoms with van der Waals surface area (Å²) in [7, 11) is 0. The van der Waals surface area contributed by atoms with E-state index in [0.717, 1.165) is 13.1 Å². The number of anilines is 1. The molecule has 1 N–H and O–H groups in total. The average molecular weight is 339 g/mol. The van der Waals surface area contributed by atoms with Crippen molar-refractivity contribution >= 4 is 21.6 Å². The second kappa shape index (κ2) is 6.95. The second-order valence-electron chi connectivity index (χ2n) is 5.94. The third kappa shape index (κ3) is 3.37. The lowest BCUT2D eigenvalue weighted by Crippen LogP contribution is -2.26. The van der Waals surface area contributed by atoms with Crippen LogP contribution in [0.4, 0.5) is 5.69 Å². The highest BCUT2D eigenvalue weighted by atomic mass is 79.9. The quantitative estimate of drug-likeness (QED) is 0.816. The Hall–Kier alpha value is -0.540. The van der Waals surface area contributed by atoms with E-state index >= 15 is 0 Å². The summed E-state index contributed by atoms with van der Waals surface area (Å²) in [6, 6.07) is 6.79. The number of nitrogens with one attached hydrogen (secondary N) is 1. The highest BCUT2D eigenvalue weighted by Gasteiger charge is 2.35. The summed E-state index contributed by atoms with van der Waals surface area (Å²) in [6.45, 7) is 11.2. The first-order chi connectivity index (χ1) is 9.64. The van der Waals surface area contributed by atoms with Gasteiger partial charge in [0, 0.05) is 24.1 Å². The van der Waals surface area contributed by atoms with Crippen LogP contribution in [0.15, 0.2) is 22.7 Å². The highest BCUT2D eigenvalue weighted by molar-refractivity contribution is 9.10. The van der Waals surface area contributed by atoms with Crippen LogP contribution in [-0.4, -0.2) is 19.6 Å². The smallest absolute Gasteiger partial charge is 0.0511 e. The molecular formula is C17H27BrN2. The van der Waals surface area contributed by atoms with Crippen molar-refractivity contribution in [3.63, 3.8) is 0 Å². The Balaban J connectivity index is 2.10. The van der Waals surface area contributed by atoms with E-state index in [9.17, 15) is 0 Å². The molecule has 1 fully saturated rings. The first kappa shape index (κ1) is 15.8. The van der Waals surface area contributed by atoms with E-state index in [1.807, 2.05) is 0 Å². The van der Waals surface area contributed by atoms with Gasteiger partial charge in [0.25, 0.3) is 0 Å². The molecule has 0 aliphatic carbocycles. The van der Waals surface area contributed by atoms with Crippen LogP contribution in [0, 0.1) is 5.41 Å². The van der Waals surface area contributed by atoms with Gasteiger partial charge in [0.15, 0.2) is 0 Å². The third-order valence-corrected chi connectivity index (χ3v) is 5.51. The Kier molecular flexibility index (Phi) is 5.50. The number of rotatable bonds is 6. The van der Waals surface area contributed by atoms with Crippen LogP contribution in [0.3, 0.4) is 0 Å². The standard InChI is InChI=1S/C17H27BrN2/c1-4-17(5-2)9-10-20(13-17)16-8-7-14(11-15(16)18)12-19-6-3/h7-8,11,19H,4-6,9-10,12-13H2,1-3H3. The third-order valence-electron chi connectivity index (χ3n) is 4.87. The molecule has 0 saturated carbocycles. The van der Waals surface area contributed by atoms with Crippen LogP contribution in [0.5, 0.6) is 0 Å². The molecule has 20 heavy (non-hydrogen) atoms. The van der Waals surface area contributed by atoms with Crippen molar-refractivity contribution in [3.05, 3.63) is 28.2 Å². The molecule has 3 heteroatoms. The monoisotopic (exact) mass is 338 g/mol. The van der Waals surface area contributed by atoms with Crippen LogP contribution in [0.2, 0.25) is 0 Å². The first-order valence-corrected chi connectivity index (χ1v) is 8.67. The molecular weight excluding hydrogens is 312 g/mol. The average Bonchev–Trinajstić information content (AvgIpc) is 2.90. The summed E-state index contributed by atoms with van der Waals surface area (Å²) in [6.07, 6.45) is 3.90. The lowest BCUT2D eigenvalue weighted by Gasteiger charge is -2.27. The van der Waals surface area contributed by atoms with Crippen molar-refractivity contribution in [2.45, 2.75) is 46.6 Å². The van der Waals surface area contributed by atoms with Crippen molar-refractivity contribution in [1.29, 1.82) is 0 Å². The van der Waals surface area contributed by atoms with Crippen LogP contribution >= 0.6 is 15.9 Å². The number of hydrogen-bond acceptors (Lipinski definition) is 2. The molecule has 1 aliphatic heterocycles. The predicted octanol–water partition coefficient (Wildman–Crippen LogP) is 4.58. The molecule has 0 amide bonds. The van der Waals surface area contributed by atoms with Gasteiger partial charge < -0.3 is 10.2 Å². The van der Waals surface area contributed by atoms with E-state index in [2.05, 4.69) is 65.1 Å². The number of nitrogens with zero attached hydrogens (tertiary/aromatic N) is 1. The van der Waals surface area contributed by atoms with E-state index in [4.69, 9.17) is 0 Å². The van der Waals surface area contributed by atoms with Crippen LogP contribution < -0.4 is 10.2 Å². The summed E-state index contributed by atoms with van der Waals surface area (Å²) >= 11 is 3.76. The van der Waals surface area contributed by atoms with Gasteiger partial charge in [-0.05, 0) is 64.8 Å². The Morgan fingerprint density at radius 2 is 2.00 bits per heavy atom. The van der Waals surface area contributed by atoms with Crippen molar-refractivity contribution in [2.24, 2.45) is 5.41 Å². The Bertz CT molecular complexity index is 441. The zero-order valence-electron chi connectivity index (χ0n) is 13.0. The molecule has 1 aliphatic rings. The molecule has 2 rings (SSSR count). The van der Waals surface area contributed by atoms with Gasteiger partial charge >= 0.3 is 0 Å². The summed E-state index contributed by atoms with van der Waals surface area (Å²) in [5.74, 6) is 0. The molecule has 2 nitrogen and oxygen atoms in total. The Morgan fingerprint density at radius 3 is 2.55 bits per heavy atom. The maximum Gasteiger partial charge on any atom is 0.0511 e. The minimum Gasteiger partial charge on any atom is -0.370 e. The molecule has 0 unspecified atom stereocenters. The van der Waals surface area contributed by atoms with E-state index < -0.39 is 0 Å². The molecule has 0 radical (unpaired) electrons. The van der Waals surface area contributed by atoms with Crippen molar-refractivity contribution < 1.29 is 0 Å². The van der Waals surface area contributed by atoms with Crippen molar-refractivity contribution in [1.82, 2.24) is 5.32 Å². The van der Waals surface area contributed by atoms with Gasteiger partial charge in [-0.2, -0.15) is 0 Å². The fourth-order valence-corrected chi connectivity index (χ4v) is 3.83. The Labute approximate surface area is 132 Å². The SMILES string of the molecule is CCNCc1ccc(N2CCC(CC)(CC)C2)c(Br)c1. The van der Waals surface area contributed by atoms with Gasteiger partial charge in [-0.25, -0.2) is 0 Å². The van der Waals surface area contributed by atoms with Crippen molar-refractivity contribution in [2.75, 3.05) is 24.5 Å². The lowest BCUT2D eigenvalue weighted by molar-refractivity contribution is 0.301. The van der Waals surface area contributed by atoms with Crippen molar-refractivity contribution in [3.8, 4) is 0 Å². The zero-order chi connectivity index (χ0) is 14.6. The topological polar surface area (TPSA) is 15.3 Å². The van der Waals surface area contributed by atoms with Gasteiger partial charge in [0.1, 0.15) is 0 Å². The zero-order valence-corrected chi connectivity index (χ0v) is 14.6. The lowest BCUT2D eigenvalue weighted by atomic mass is 9.82. The minimum atomic E-state index is 0.530. The molecule has 1 aromatic carbocycles. The van der Waals surface area contributed by atoms with Crippen LogP contribution in [-0.2, 0) is 6.54 Å². The molecule has 1 heterocycles. The molecule has 0 atom stereocenters. The van der Waals surface area contributed by atoms with Gasteiger partial charge in [0.2, 0.25) is 0 Å². The summed E-state index contributed by atoms with van der Waals surface area (Å²) in [5, 5.41) is 3.38. The van der Waals surface area contributed by atoms with Gasteiger partial charge in [0.05, 0.1) is 5.69 Å². The molecule has 0 aromatic heterocycles. The number of hydrogen-bond donors (Lipinski definition) is 1. The molecule has 1 aromatic rings. The Morgan fingerprint density at radius 1 is 1.25 bits per heavy atom. The van der Waals surface area contributed by atoms with E-state index in [0.29, 0.717) is 5.41 Å². The van der Waals surface area contributed by atoms with Crippen LogP contribution in [0.1, 0.15) is 45.6 Å². The van der Waals surface area contributed by atoms with Gasteiger partial charge in [-0.1, -0.05) is 26.8 Å². The highest BCUT2D eigenvalue weighted by Crippen LogP contribution is 2.41. The fraction of sp³-hybridized carbons (Fsp3) is 0.647. The van der Waals surface area contributed by atoms with Gasteiger partial charge in [-0.3, -0.25) is 0 Å². The largest absolute Gasteiger partial charge is 0.370 e. The summed E-state index contributed by atoms with van der Waals surface area (Å²) < 4.78 is 1.23. The summed E-state index contributed by atoms with van der Waals surface area (Å²) in [5.41, 5.74) is 3.23. The fourth-order valence-electron chi connectivity index (χ4n) is 3.15. The second-order valence-corrected chi connectivity index (χ2v) is 6.80. The first-order valence-electron chi connectivity index (χ1n) is 7.88. The molecule has 0 bridgehead atoms. The predicted molar refractivity (Wildman–Crippen MR) is 91.4 cm³/mol. The van der Waals surface area contributed by atoms with Crippen LogP contribution in [0.25, 0.3) is 0 Å². The number of benzene rings is 1. The minimum absolute atomic E-state index is 0.530. The van der Waals surface area contributed by atoms with Gasteiger partial charge in [-0.15, -0.1) is 0 Å². The molecule has 1 saturated heterocycles. The molecule has 112 valence electrons. The summed E-state index contributed by atoms with van der Waals surface area (Å²) in [4.78, 5) is 2.55. The van der Waals surface area contributed by atoms with E-state index in [-0.39, 0.29) is 0 Å². The van der Waals surface area contributed by atoms with E-state index in [1.54, 1.807) is 0 Å². The normalized spacial score (nSPS) is 17.7. The maximum absolute atomic E-state index is 3.76.